The highest BCUT2D eigenvalue weighted by atomic mass is 35.5. The number of hydrazine groups is 1. The van der Waals surface area contributed by atoms with E-state index < -0.39 is 17.7 Å². The molecule has 0 atom stereocenters. The number of nitrogens with one attached hydrogen (secondary N) is 1. The van der Waals surface area contributed by atoms with Gasteiger partial charge in [0.15, 0.2) is 0 Å². The van der Waals surface area contributed by atoms with Gasteiger partial charge in [0.25, 0.3) is 5.91 Å². The first-order valence-corrected chi connectivity index (χ1v) is 10.9. The van der Waals surface area contributed by atoms with Crippen LogP contribution in [0.25, 0.3) is 0 Å². The number of benzene rings is 1. The van der Waals surface area contributed by atoms with Crippen LogP contribution in [0.15, 0.2) is 27.5 Å². The fraction of sp³-hybridized carbons (Fsp3) is 0.500. The number of amides is 2. The lowest BCUT2D eigenvalue weighted by atomic mass is 9.74. The lowest BCUT2D eigenvalue weighted by molar-refractivity contribution is -0.274. The quantitative estimate of drug-likeness (QED) is 0.665. The lowest BCUT2D eigenvalue weighted by Gasteiger charge is -2.50. The number of carbonyl (C=O) groups is 2. The number of carbonyl (C=O) groups excluding carboxylic acids is 2. The van der Waals surface area contributed by atoms with Gasteiger partial charge in [0, 0.05) is 11.8 Å². The van der Waals surface area contributed by atoms with Crippen LogP contribution in [0.5, 0.6) is 5.75 Å². The van der Waals surface area contributed by atoms with Gasteiger partial charge in [-0.05, 0) is 49.0 Å². The average Bonchev–Trinajstić information content (AvgIpc) is 2.64. The molecule has 1 aliphatic carbocycles. The van der Waals surface area contributed by atoms with Gasteiger partial charge in [-0.25, -0.2) is 5.01 Å². The van der Waals surface area contributed by atoms with Crippen molar-refractivity contribution in [2.24, 2.45) is 0 Å². The molecule has 30 heavy (non-hydrogen) atoms. The first kappa shape index (κ1) is 21.4. The molecule has 2 aliphatic heterocycles. The maximum atomic E-state index is 13.4. The molecular weight excluding hydrogens is 441 g/mol. The lowest BCUT2D eigenvalue weighted by Crippen LogP contribution is -2.62. The van der Waals surface area contributed by atoms with Crippen LogP contribution in [0, 0.1) is 0 Å². The summed E-state index contributed by atoms with van der Waals surface area (Å²) in [5.74, 6) is -1.13. The number of thioether (sulfide) groups is 1. The van der Waals surface area contributed by atoms with Crippen LogP contribution in [-0.4, -0.2) is 28.7 Å². The monoisotopic (exact) mass is 460 g/mol. The van der Waals surface area contributed by atoms with Crippen molar-refractivity contribution in [3.05, 3.63) is 33.2 Å². The van der Waals surface area contributed by atoms with Gasteiger partial charge in [-0.2, -0.15) is 0 Å². The average molecular weight is 461 g/mol. The third kappa shape index (κ3) is 4.01. The van der Waals surface area contributed by atoms with E-state index in [9.17, 15) is 22.8 Å². The molecule has 1 spiro atoms. The Labute approximate surface area is 180 Å². The molecule has 0 unspecified atom stereocenters. The Hall–Kier alpha value is -1.87. The maximum absolute atomic E-state index is 13.4. The minimum absolute atomic E-state index is 0.120. The molecule has 162 valence electrons. The number of hydrogen-bond donors (Lipinski definition) is 1. The molecule has 1 fully saturated rings. The number of alkyl halides is 3. The first-order valence-electron chi connectivity index (χ1n) is 9.68. The fourth-order valence-corrected chi connectivity index (χ4v) is 5.91. The SMILES string of the molecule is CC(=O)NN1C(=O)C2=C(Cc3cc(Cl)c(OC(F)(F)F)cc3S2)CC12CCCCC2. The zero-order valence-corrected chi connectivity index (χ0v) is 17.8. The zero-order chi connectivity index (χ0) is 21.7. The summed E-state index contributed by atoms with van der Waals surface area (Å²) in [6, 6.07) is 2.70. The maximum Gasteiger partial charge on any atom is 0.573 e. The predicted octanol–water partition coefficient (Wildman–Crippen LogP) is 5.13. The highest BCUT2D eigenvalue weighted by Crippen LogP contribution is 2.51. The number of rotatable bonds is 2. The summed E-state index contributed by atoms with van der Waals surface area (Å²) >= 11 is 7.13. The summed E-state index contributed by atoms with van der Waals surface area (Å²) in [6.45, 7) is 1.36. The van der Waals surface area contributed by atoms with Crippen molar-refractivity contribution in [3.63, 3.8) is 0 Å². The van der Waals surface area contributed by atoms with Gasteiger partial charge in [0.05, 0.1) is 15.5 Å². The molecule has 1 N–H and O–H groups in total. The Morgan fingerprint density at radius 1 is 1.27 bits per heavy atom. The second kappa shape index (κ2) is 7.67. The van der Waals surface area contributed by atoms with Crippen molar-refractivity contribution in [1.29, 1.82) is 0 Å². The van der Waals surface area contributed by atoms with Crippen LogP contribution in [0.3, 0.4) is 0 Å². The Kier molecular flexibility index (Phi) is 5.47. The number of halogens is 4. The molecule has 2 amide bonds. The number of ether oxygens (including phenoxy) is 1. The zero-order valence-electron chi connectivity index (χ0n) is 16.2. The van der Waals surface area contributed by atoms with Crippen LogP contribution in [0.4, 0.5) is 13.2 Å². The molecule has 1 aromatic carbocycles. The molecule has 0 bridgehead atoms. The van der Waals surface area contributed by atoms with Gasteiger partial charge in [0.2, 0.25) is 5.91 Å². The first-order chi connectivity index (χ1) is 14.1. The molecule has 3 aliphatic rings. The Balaban J connectivity index is 1.70. The molecule has 0 saturated heterocycles. The summed E-state index contributed by atoms with van der Waals surface area (Å²) in [7, 11) is 0. The molecule has 4 rings (SSSR count). The Morgan fingerprint density at radius 3 is 2.60 bits per heavy atom. The topological polar surface area (TPSA) is 58.6 Å². The van der Waals surface area contributed by atoms with Crippen molar-refractivity contribution in [3.8, 4) is 5.75 Å². The van der Waals surface area contributed by atoms with Gasteiger partial charge in [-0.1, -0.05) is 42.6 Å². The van der Waals surface area contributed by atoms with E-state index in [0.717, 1.165) is 55.0 Å². The molecule has 1 saturated carbocycles. The van der Waals surface area contributed by atoms with Crippen molar-refractivity contribution in [1.82, 2.24) is 10.4 Å². The number of hydrogen-bond acceptors (Lipinski definition) is 4. The van der Waals surface area contributed by atoms with Crippen LogP contribution in [0.1, 0.15) is 51.0 Å². The molecule has 1 aromatic rings. The van der Waals surface area contributed by atoms with Gasteiger partial charge in [-0.15, -0.1) is 13.2 Å². The van der Waals surface area contributed by atoms with Crippen LogP contribution in [-0.2, 0) is 16.0 Å². The van der Waals surface area contributed by atoms with Gasteiger partial charge in [0.1, 0.15) is 5.75 Å². The molecule has 0 aromatic heterocycles. The Bertz CT molecular complexity index is 942. The van der Waals surface area contributed by atoms with Crippen molar-refractivity contribution >= 4 is 35.2 Å². The molecular formula is C20H20ClF3N2O3S. The largest absolute Gasteiger partial charge is 0.573 e. The third-order valence-corrected chi connectivity index (χ3v) is 7.31. The van der Waals surface area contributed by atoms with E-state index in [1.54, 1.807) is 0 Å². The fourth-order valence-electron chi connectivity index (χ4n) is 4.57. The van der Waals surface area contributed by atoms with E-state index in [2.05, 4.69) is 10.2 Å². The second-order valence-electron chi connectivity index (χ2n) is 7.92. The van der Waals surface area contributed by atoms with E-state index in [-0.39, 0.29) is 16.8 Å². The van der Waals surface area contributed by atoms with Gasteiger partial charge >= 0.3 is 6.36 Å². The van der Waals surface area contributed by atoms with Crippen molar-refractivity contribution in [2.75, 3.05) is 0 Å². The minimum Gasteiger partial charge on any atom is -0.404 e. The Morgan fingerprint density at radius 2 is 1.97 bits per heavy atom. The van der Waals surface area contributed by atoms with Crippen molar-refractivity contribution in [2.45, 2.75) is 68.7 Å². The highest BCUT2D eigenvalue weighted by Gasteiger charge is 2.48. The van der Waals surface area contributed by atoms with Crippen LogP contribution < -0.4 is 10.2 Å². The normalized spacial score (nSPS) is 20.7. The number of fused-ring (bicyclic) bond motifs is 1. The smallest absolute Gasteiger partial charge is 0.404 e. The van der Waals surface area contributed by atoms with Gasteiger partial charge in [-0.3, -0.25) is 15.0 Å². The van der Waals surface area contributed by atoms with E-state index in [4.69, 9.17) is 11.6 Å². The molecule has 5 nitrogen and oxygen atoms in total. The van der Waals surface area contributed by atoms with E-state index in [1.165, 1.54) is 24.1 Å². The standard InChI is InChI=1S/C20H20ClF3N2O3S/c1-11(27)25-26-18(28)17-13(10-19(26)5-3-2-4-6-19)7-12-8-14(21)15(9-16(12)30-17)29-20(22,23)24/h8-9H,2-7,10H2,1H3,(H,25,27). The summed E-state index contributed by atoms with van der Waals surface area (Å²) in [4.78, 5) is 26.1. The summed E-state index contributed by atoms with van der Waals surface area (Å²) < 4.78 is 42.0. The second-order valence-corrected chi connectivity index (χ2v) is 9.38. The summed E-state index contributed by atoms with van der Waals surface area (Å²) in [5.41, 5.74) is 3.96. The van der Waals surface area contributed by atoms with Crippen LogP contribution >= 0.6 is 23.4 Å². The van der Waals surface area contributed by atoms with E-state index in [0.29, 0.717) is 22.6 Å². The molecule has 10 heteroatoms. The highest BCUT2D eigenvalue weighted by molar-refractivity contribution is 8.04. The third-order valence-electron chi connectivity index (χ3n) is 5.75. The number of nitrogens with zero attached hydrogens (tertiary/aromatic N) is 1. The summed E-state index contributed by atoms with van der Waals surface area (Å²) in [5, 5.41) is 1.35. The minimum atomic E-state index is -4.86. The van der Waals surface area contributed by atoms with E-state index >= 15 is 0 Å². The predicted molar refractivity (Wildman–Crippen MR) is 106 cm³/mol. The summed E-state index contributed by atoms with van der Waals surface area (Å²) in [6.07, 6.45) is 0.825. The molecule has 2 heterocycles. The van der Waals surface area contributed by atoms with Crippen LogP contribution in [0.2, 0.25) is 5.02 Å². The van der Waals surface area contributed by atoms with Gasteiger partial charge < -0.3 is 4.74 Å². The molecule has 0 radical (unpaired) electrons. The van der Waals surface area contributed by atoms with Crippen molar-refractivity contribution < 1.29 is 27.5 Å². The van der Waals surface area contributed by atoms with E-state index in [1.807, 2.05) is 0 Å².